The molecule has 0 spiro atoms. The molecule has 37 heavy (non-hydrogen) atoms. The van der Waals surface area contributed by atoms with Crippen molar-refractivity contribution in [1.82, 2.24) is 24.5 Å². The first-order valence-electron chi connectivity index (χ1n) is 13.2. The fourth-order valence-corrected chi connectivity index (χ4v) is 5.48. The van der Waals surface area contributed by atoms with Crippen LogP contribution in [0, 0.1) is 0 Å². The van der Waals surface area contributed by atoms with Gasteiger partial charge in [0.05, 0.1) is 11.8 Å². The van der Waals surface area contributed by atoms with Crippen LogP contribution in [0.25, 0.3) is 33.2 Å². The largest absolute Gasteiger partial charge is 0.358 e. The Morgan fingerprint density at radius 3 is 2.65 bits per heavy atom. The van der Waals surface area contributed by atoms with Crippen LogP contribution in [0.4, 0.5) is 17.5 Å². The first-order chi connectivity index (χ1) is 18.3. The Morgan fingerprint density at radius 1 is 0.919 bits per heavy atom. The Morgan fingerprint density at radius 2 is 1.81 bits per heavy atom. The second-order valence-corrected chi connectivity index (χ2v) is 9.79. The van der Waals surface area contributed by atoms with Crippen molar-refractivity contribution in [2.75, 3.05) is 29.9 Å². The summed E-state index contributed by atoms with van der Waals surface area (Å²) in [4.78, 5) is 21.6. The standard InChI is InChI=1S/C29H29N7O.H2/c1-2-8-20(9-3-1)22-13-14-30-24-12-11-21(18-23(22)24)32-29-33-27(35-15-5-6-16-35)26-28(34-29)36(19-31-26)25-10-4-7-17-37-25;/h1-3,8-9,11-14,18-19,25H,4-7,10,15-17H2,(H,32,33,34);1H/t25-;/m0./s1. The molecule has 1 atom stereocenters. The van der Waals surface area contributed by atoms with Gasteiger partial charge in [-0.15, -0.1) is 0 Å². The maximum absolute atomic E-state index is 6.08. The quantitative estimate of drug-likeness (QED) is 0.306. The smallest absolute Gasteiger partial charge is 0.231 e. The predicted molar refractivity (Wildman–Crippen MR) is 148 cm³/mol. The van der Waals surface area contributed by atoms with E-state index in [1.165, 1.54) is 12.8 Å². The van der Waals surface area contributed by atoms with Gasteiger partial charge in [0, 0.05) is 38.4 Å². The average molecular weight is 494 g/mol. The maximum atomic E-state index is 6.08. The fraction of sp³-hybridized carbons (Fsp3) is 0.310. The number of anilines is 3. The molecular weight excluding hydrogens is 462 g/mol. The zero-order valence-electron chi connectivity index (χ0n) is 20.7. The number of nitrogens with one attached hydrogen (secondary N) is 1. The number of hydrogen-bond acceptors (Lipinski definition) is 7. The van der Waals surface area contributed by atoms with E-state index in [2.05, 4.69) is 56.2 Å². The van der Waals surface area contributed by atoms with Gasteiger partial charge in [-0.2, -0.15) is 9.97 Å². The summed E-state index contributed by atoms with van der Waals surface area (Å²) in [6, 6.07) is 18.7. The van der Waals surface area contributed by atoms with Crippen LogP contribution >= 0.6 is 0 Å². The highest BCUT2D eigenvalue weighted by Gasteiger charge is 2.25. The summed E-state index contributed by atoms with van der Waals surface area (Å²) >= 11 is 0. The molecule has 8 heteroatoms. The van der Waals surface area contributed by atoms with Crippen LogP contribution in [0.3, 0.4) is 0 Å². The Labute approximate surface area is 216 Å². The molecule has 0 bridgehead atoms. The number of benzene rings is 2. The van der Waals surface area contributed by atoms with E-state index in [-0.39, 0.29) is 7.65 Å². The summed E-state index contributed by atoms with van der Waals surface area (Å²) in [5.74, 6) is 1.46. The molecule has 2 saturated heterocycles. The number of fused-ring (bicyclic) bond motifs is 2. The van der Waals surface area contributed by atoms with E-state index in [4.69, 9.17) is 19.7 Å². The first-order valence-corrected chi connectivity index (χ1v) is 13.2. The zero-order valence-corrected chi connectivity index (χ0v) is 20.7. The highest BCUT2D eigenvalue weighted by molar-refractivity contribution is 5.96. The molecule has 0 saturated carbocycles. The average Bonchev–Trinajstić information content (AvgIpc) is 3.64. The SMILES string of the molecule is [HH].c1ccc(-c2ccnc3ccc(Nc4nc(N5CCCC5)c5ncn([C@@H]6CCCCO6)c5n4)cc23)cc1. The third-order valence-corrected chi connectivity index (χ3v) is 7.36. The zero-order chi connectivity index (χ0) is 24.6. The molecule has 2 fully saturated rings. The molecule has 2 aliphatic rings. The number of nitrogens with zero attached hydrogens (tertiary/aromatic N) is 6. The van der Waals surface area contributed by atoms with Gasteiger partial charge in [0.15, 0.2) is 17.0 Å². The maximum Gasteiger partial charge on any atom is 0.231 e. The second kappa shape index (κ2) is 9.44. The van der Waals surface area contributed by atoms with Crippen molar-refractivity contribution in [3.8, 4) is 11.1 Å². The van der Waals surface area contributed by atoms with Crippen molar-refractivity contribution in [3.63, 3.8) is 0 Å². The lowest BCUT2D eigenvalue weighted by atomic mass is 10.0. The molecule has 0 unspecified atom stereocenters. The number of imidazole rings is 1. The van der Waals surface area contributed by atoms with E-state index >= 15 is 0 Å². The van der Waals surface area contributed by atoms with Crippen molar-refractivity contribution in [1.29, 1.82) is 0 Å². The molecule has 2 aromatic carbocycles. The summed E-state index contributed by atoms with van der Waals surface area (Å²) in [7, 11) is 0. The van der Waals surface area contributed by atoms with Gasteiger partial charge in [0.2, 0.25) is 5.95 Å². The second-order valence-electron chi connectivity index (χ2n) is 9.79. The Kier molecular flexibility index (Phi) is 5.66. The van der Waals surface area contributed by atoms with E-state index < -0.39 is 0 Å². The fourth-order valence-electron chi connectivity index (χ4n) is 5.48. The molecule has 8 nitrogen and oxygen atoms in total. The van der Waals surface area contributed by atoms with Crippen molar-refractivity contribution in [2.45, 2.75) is 38.3 Å². The number of aromatic nitrogens is 5. The lowest BCUT2D eigenvalue weighted by molar-refractivity contribution is -0.0298. The van der Waals surface area contributed by atoms with Gasteiger partial charge in [0.1, 0.15) is 6.23 Å². The third kappa shape index (κ3) is 4.17. The van der Waals surface area contributed by atoms with E-state index in [0.29, 0.717) is 5.95 Å². The van der Waals surface area contributed by atoms with E-state index in [1.807, 2.05) is 30.7 Å². The van der Waals surface area contributed by atoms with Crippen LogP contribution in [0.15, 0.2) is 67.1 Å². The monoisotopic (exact) mass is 493 g/mol. The third-order valence-electron chi connectivity index (χ3n) is 7.36. The molecule has 0 radical (unpaired) electrons. The summed E-state index contributed by atoms with van der Waals surface area (Å²) in [6.07, 6.45) is 9.25. The van der Waals surface area contributed by atoms with Crippen LogP contribution in [0.1, 0.15) is 39.8 Å². The summed E-state index contributed by atoms with van der Waals surface area (Å²) in [6.45, 7) is 2.75. The van der Waals surface area contributed by atoms with Gasteiger partial charge in [-0.05, 0) is 67.5 Å². The van der Waals surface area contributed by atoms with Crippen LogP contribution in [0.2, 0.25) is 0 Å². The molecule has 7 rings (SSSR count). The van der Waals surface area contributed by atoms with Crippen LogP contribution in [-0.2, 0) is 4.74 Å². The first kappa shape index (κ1) is 22.2. The van der Waals surface area contributed by atoms with Crippen LogP contribution < -0.4 is 10.2 Å². The molecule has 0 amide bonds. The summed E-state index contributed by atoms with van der Waals surface area (Å²) < 4.78 is 8.16. The number of rotatable bonds is 5. The van der Waals surface area contributed by atoms with Gasteiger partial charge in [-0.25, -0.2) is 4.98 Å². The Hall–Kier alpha value is -4.04. The number of pyridine rings is 1. The molecule has 5 heterocycles. The normalized spacial score (nSPS) is 18.1. The molecule has 3 aromatic heterocycles. The van der Waals surface area contributed by atoms with Crippen molar-refractivity contribution < 1.29 is 6.16 Å². The minimum absolute atomic E-state index is 0. The summed E-state index contributed by atoms with van der Waals surface area (Å²) in [5, 5.41) is 4.58. The van der Waals surface area contributed by atoms with Gasteiger partial charge in [-0.3, -0.25) is 9.55 Å². The molecule has 0 aliphatic carbocycles. The Bertz CT molecular complexity index is 1560. The predicted octanol–water partition coefficient (Wildman–Crippen LogP) is 6.33. The van der Waals surface area contributed by atoms with Crippen LogP contribution in [-0.4, -0.2) is 44.2 Å². The van der Waals surface area contributed by atoms with E-state index in [1.54, 1.807) is 0 Å². The van der Waals surface area contributed by atoms with Gasteiger partial charge < -0.3 is 15.0 Å². The minimum Gasteiger partial charge on any atom is -0.358 e. The Balaban J connectivity index is 0.00000264. The highest BCUT2D eigenvalue weighted by Crippen LogP contribution is 2.33. The molecule has 2 aliphatic heterocycles. The molecule has 1 N–H and O–H groups in total. The van der Waals surface area contributed by atoms with Gasteiger partial charge in [-0.1, -0.05) is 30.3 Å². The molecule has 5 aromatic rings. The topological polar surface area (TPSA) is 81.0 Å². The van der Waals surface area contributed by atoms with Crippen LogP contribution in [0.5, 0.6) is 0 Å². The van der Waals surface area contributed by atoms with Gasteiger partial charge >= 0.3 is 0 Å². The van der Waals surface area contributed by atoms with E-state index in [0.717, 1.165) is 83.7 Å². The minimum atomic E-state index is -0.0342. The van der Waals surface area contributed by atoms with Crippen molar-refractivity contribution in [2.24, 2.45) is 0 Å². The number of ether oxygens (including phenoxy) is 1. The van der Waals surface area contributed by atoms with Crippen molar-refractivity contribution in [3.05, 3.63) is 67.1 Å². The van der Waals surface area contributed by atoms with Gasteiger partial charge in [0.25, 0.3) is 0 Å². The van der Waals surface area contributed by atoms with Crippen molar-refractivity contribution >= 4 is 39.5 Å². The molecular formula is C29H31N7O. The van der Waals surface area contributed by atoms with E-state index in [9.17, 15) is 0 Å². The highest BCUT2D eigenvalue weighted by atomic mass is 16.5. The lowest BCUT2D eigenvalue weighted by Gasteiger charge is -2.24. The number of hydrogen-bond donors (Lipinski definition) is 1. The molecule has 188 valence electrons. The summed E-state index contributed by atoms with van der Waals surface area (Å²) in [5.41, 5.74) is 5.85. The lowest BCUT2D eigenvalue weighted by Crippen LogP contribution is -2.21.